The Bertz CT molecular complexity index is 866. The average Bonchev–Trinajstić information content (AvgIpc) is 2.86. The molecule has 0 spiro atoms. The number of hydrogen-bond donors (Lipinski definition) is 2. The van der Waals surface area contributed by atoms with Gasteiger partial charge in [-0.15, -0.1) is 0 Å². The van der Waals surface area contributed by atoms with Crippen molar-refractivity contribution in [2.24, 2.45) is 0 Å². The van der Waals surface area contributed by atoms with Crippen LogP contribution in [0.15, 0.2) is 12.4 Å². The van der Waals surface area contributed by atoms with Crippen molar-refractivity contribution in [3.8, 4) is 0 Å². The molecule has 2 aliphatic rings. The van der Waals surface area contributed by atoms with Crippen LogP contribution in [0.4, 0.5) is 5.95 Å². The van der Waals surface area contributed by atoms with Gasteiger partial charge in [-0.3, -0.25) is 10.0 Å². The molecule has 186 valence electrons. The quantitative estimate of drug-likeness (QED) is 0.355. The monoisotopic (exact) mass is 484 g/mol. The van der Waals surface area contributed by atoms with E-state index in [1.807, 2.05) is 17.3 Å². The SMILES string of the molecule is CCCCc1cnc(N2CCN(S(=O)(=O)C3(C(=O)NO)CCN(CCOC)CC3)CC2)nc1. The molecule has 0 bridgehead atoms. The van der Waals surface area contributed by atoms with Crippen LogP contribution in [0.1, 0.15) is 38.2 Å². The Kier molecular flexibility index (Phi) is 8.99. The van der Waals surface area contributed by atoms with E-state index in [-0.39, 0.29) is 25.9 Å². The van der Waals surface area contributed by atoms with Crippen molar-refractivity contribution in [1.82, 2.24) is 24.7 Å². The Labute approximate surface area is 196 Å². The number of methoxy groups -OCH3 is 1. The summed E-state index contributed by atoms with van der Waals surface area (Å²) in [5.41, 5.74) is 2.71. The van der Waals surface area contributed by atoms with Crippen molar-refractivity contribution in [3.63, 3.8) is 0 Å². The fraction of sp³-hybridized carbons (Fsp3) is 0.762. The third kappa shape index (κ3) is 5.62. The fourth-order valence-electron chi connectivity index (χ4n) is 4.46. The minimum atomic E-state index is -3.99. The Morgan fingerprint density at radius 1 is 1.15 bits per heavy atom. The number of nitrogens with one attached hydrogen (secondary N) is 1. The molecular weight excluding hydrogens is 448 g/mol. The van der Waals surface area contributed by atoms with Crippen LogP contribution in [0.5, 0.6) is 0 Å². The molecular formula is C21H36N6O5S. The van der Waals surface area contributed by atoms with Gasteiger partial charge in [0, 0.05) is 65.3 Å². The van der Waals surface area contributed by atoms with Gasteiger partial charge >= 0.3 is 0 Å². The minimum absolute atomic E-state index is 0.119. The molecule has 1 aromatic heterocycles. The number of unbranched alkanes of at least 4 members (excludes halogenated alkanes) is 1. The van der Waals surface area contributed by atoms with E-state index in [2.05, 4.69) is 21.8 Å². The van der Waals surface area contributed by atoms with Crippen LogP contribution < -0.4 is 10.4 Å². The number of nitrogens with zero attached hydrogens (tertiary/aromatic N) is 5. The van der Waals surface area contributed by atoms with E-state index in [0.717, 1.165) is 24.8 Å². The molecule has 2 N–H and O–H groups in total. The molecule has 0 atom stereocenters. The molecule has 0 saturated carbocycles. The number of carbonyl (C=O) groups is 1. The van der Waals surface area contributed by atoms with Crippen LogP contribution in [0.25, 0.3) is 0 Å². The van der Waals surface area contributed by atoms with E-state index in [1.165, 1.54) is 4.31 Å². The molecule has 0 radical (unpaired) electrons. The van der Waals surface area contributed by atoms with Crippen LogP contribution in [0.3, 0.4) is 0 Å². The normalized spacial score (nSPS) is 20.0. The van der Waals surface area contributed by atoms with E-state index in [1.54, 1.807) is 12.6 Å². The number of piperazine rings is 1. The van der Waals surface area contributed by atoms with Crippen molar-refractivity contribution in [3.05, 3.63) is 18.0 Å². The molecule has 0 aromatic carbocycles. The summed E-state index contributed by atoms with van der Waals surface area (Å²) in [5, 5.41) is 9.35. The van der Waals surface area contributed by atoms with Crippen LogP contribution in [0.2, 0.25) is 0 Å². The molecule has 2 fully saturated rings. The summed E-state index contributed by atoms with van der Waals surface area (Å²) < 4.78 is 32.1. The highest BCUT2D eigenvalue weighted by Crippen LogP contribution is 2.34. The summed E-state index contributed by atoms with van der Waals surface area (Å²) in [6, 6.07) is 0. The van der Waals surface area contributed by atoms with E-state index < -0.39 is 20.7 Å². The van der Waals surface area contributed by atoms with Crippen LogP contribution in [-0.4, -0.2) is 103 Å². The van der Waals surface area contributed by atoms with Gasteiger partial charge in [-0.2, -0.15) is 4.31 Å². The van der Waals surface area contributed by atoms with E-state index in [4.69, 9.17) is 4.74 Å². The van der Waals surface area contributed by atoms with Gasteiger partial charge < -0.3 is 14.5 Å². The Hall–Kier alpha value is -1.86. The standard InChI is InChI=1S/C21H36N6O5S/c1-3-4-5-18-16-22-20(23-17-18)26-10-12-27(13-11-26)33(30,31)21(19(28)24-29)6-8-25(9-7-21)14-15-32-2/h16-17,29H,3-15H2,1-2H3,(H,24,28). The number of aryl methyl sites for hydroxylation is 1. The van der Waals surface area contributed by atoms with E-state index in [0.29, 0.717) is 45.3 Å². The zero-order valence-electron chi connectivity index (χ0n) is 19.6. The average molecular weight is 485 g/mol. The van der Waals surface area contributed by atoms with Crippen LogP contribution in [0, 0.1) is 0 Å². The van der Waals surface area contributed by atoms with Crippen LogP contribution >= 0.6 is 0 Å². The lowest BCUT2D eigenvalue weighted by Gasteiger charge is -2.43. The molecule has 2 saturated heterocycles. The topological polar surface area (TPSA) is 128 Å². The lowest BCUT2D eigenvalue weighted by atomic mass is 9.95. The highest BCUT2D eigenvalue weighted by molar-refractivity contribution is 7.91. The van der Waals surface area contributed by atoms with Gasteiger partial charge in [0.2, 0.25) is 16.0 Å². The van der Waals surface area contributed by atoms with E-state index >= 15 is 0 Å². The lowest BCUT2D eigenvalue weighted by molar-refractivity contribution is -0.133. The number of hydroxylamine groups is 1. The summed E-state index contributed by atoms with van der Waals surface area (Å²) in [7, 11) is -2.37. The van der Waals surface area contributed by atoms with Gasteiger partial charge in [0.15, 0.2) is 4.75 Å². The van der Waals surface area contributed by atoms with Crippen molar-refractivity contribution in [2.75, 3.05) is 64.4 Å². The van der Waals surface area contributed by atoms with E-state index in [9.17, 15) is 18.4 Å². The van der Waals surface area contributed by atoms with Crippen molar-refractivity contribution in [1.29, 1.82) is 0 Å². The summed E-state index contributed by atoms with van der Waals surface area (Å²) in [6.07, 6.45) is 7.05. The summed E-state index contributed by atoms with van der Waals surface area (Å²) in [5.74, 6) is -0.274. The zero-order chi connectivity index (χ0) is 23.9. The molecule has 33 heavy (non-hydrogen) atoms. The van der Waals surface area contributed by atoms with Gasteiger partial charge in [0.05, 0.1) is 6.61 Å². The van der Waals surface area contributed by atoms with Gasteiger partial charge in [0.1, 0.15) is 0 Å². The number of amides is 1. The molecule has 1 amide bonds. The largest absolute Gasteiger partial charge is 0.383 e. The van der Waals surface area contributed by atoms with Crippen LogP contribution in [-0.2, 0) is 26.0 Å². The third-order valence-corrected chi connectivity index (χ3v) is 9.28. The Balaban J connectivity index is 1.66. The molecule has 0 unspecified atom stereocenters. The lowest BCUT2D eigenvalue weighted by Crippen LogP contribution is -2.63. The highest BCUT2D eigenvalue weighted by Gasteiger charge is 2.55. The van der Waals surface area contributed by atoms with Gasteiger partial charge in [-0.1, -0.05) is 13.3 Å². The molecule has 1 aromatic rings. The Morgan fingerprint density at radius 3 is 2.33 bits per heavy atom. The number of carbonyl (C=O) groups excluding carboxylic acids is 1. The number of rotatable bonds is 10. The van der Waals surface area contributed by atoms with Crippen molar-refractivity contribution >= 4 is 21.9 Å². The molecule has 0 aliphatic carbocycles. The van der Waals surface area contributed by atoms with Gasteiger partial charge in [-0.05, 0) is 31.2 Å². The van der Waals surface area contributed by atoms with Crippen molar-refractivity contribution < 1.29 is 23.2 Å². The summed E-state index contributed by atoms with van der Waals surface area (Å²) in [6.45, 7) is 5.56. The van der Waals surface area contributed by atoms with Crippen molar-refractivity contribution in [2.45, 2.75) is 43.8 Å². The zero-order valence-corrected chi connectivity index (χ0v) is 20.4. The number of ether oxygens (including phenoxy) is 1. The Morgan fingerprint density at radius 2 is 1.79 bits per heavy atom. The maximum Gasteiger partial charge on any atom is 0.266 e. The highest BCUT2D eigenvalue weighted by atomic mass is 32.2. The summed E-state index contributed by atoms with van der Waals surface area (Å²) in [4.78, 5) is 25.6. The number of sulfonamides is 1. The number of aromatic nitrogens is 2. The summed E-state index contributed by atoms with van der Waals surface area (Å²) >= 11 is 0. The third-order valence-electron chi connectivity index (χ3n) is 6.66. The molecule has 3 heterocycles. The maximum atomic E-state index is 13.6. The second-order valence-corrected chi connectivity index (χ2v) is 10.9. The second kappa shape index (κ2) is 11.5. The first-order chi connectivity index (χ1) is 15.9. The molecule has 3 rings (SSSR count). The molecule has 11 nitrogen and oxygen atoms in total. The second-order valence-electron chi connectivity index (χ2n) is 8.66. The fourth-order valence-corrected chi connectivity index (χ4v) is 6.58. The number of piperidine rings is 1. The van der Waals surface area contributed by atoms with Gasteiger partial charge in [0.25, 0.3) is 5.91 Å². The number of hydrogen-bond acceptors (Lipinski definition) is 9. The molecule has 12 heteroatoms. The number of anilines is 1. The predicted molar refractivity (Wildman–Crippen MR) is 124 cm³/mol. The number of likely N-dealkylation sites (tertiary alicyclic amines) is 1. The first-order valence-electron chi connectivity index (χ1n) is 11.6. The van der Waals surface area contributed by atoms with Gasteiger partial charge in [-0.25, -0.2) is 23.9 Å². The molecule has 2 aliphatic heterocycles. The smallest absolute Gasteiger partial charge is 0.266 e. The first-order valence-corrected chi connectivity index (χ1v) is 13.0. The maximum absolute atomic E-state index is 13.6. The minimum Gasteiger partial charge on any atom is -0.383 e. The predicted octanol–water partition coefficient (Wildman–Crippen LogP) is 0.257. The first kappa shape index (κ1) is 25.8.